The molecule has 0 fully saturated rings. The van der Waals surface area contributed by atoms with Crippen LogP contribution in [0.2, 0.25) is 5.02 Å². The highest BCUT2D eigenvalue weighted by Crippen LogP contribution is 2.28. The van der Waals surface area contributed by atoms with Crippen LogP contribution in [0.4, 0.5) is 0 Å². The van der Waals surface area contributed by atoms with Crippen LogP contribution in [0.15, 0.2) is 24.3 Å². The third-order valence-corrected chi connectivity index (χ3v) is 3.84. The number of hydrogen-bond acceptors (Lipinski definition) is 3. The van der Waals surface area contributed by atoms with Crippen molar-refractivity contribution >= 4 is 11.6 Å². The van der Waals surface area contributed by atoms with E-state index in [4.69, 9.17) is 21.6 Å². The summed E-state index contributed by atoms with van der Waals surface area (Å²) < 4.78 is 0. The van der Waals surface area contributed by atoms with Gasteiger partial charge in [-0.1, -0.05) is 37.6 Å². The monoisotopic (exact) mass is 287 g/mol. The number of halogens is 1. The van der Waals surface area contributed by atoms with E-state index in [9.17, 15) is 0 Å². The average Bonchev–Trinajstić information content (AvgIpc) is 2.47. The molecule has 2 heterocycles. The number of nitrogens with zero attached hydrogens (tertiary/aromatic N) is 2. The number of benzene rings is 1. The Labute approximate surface area is 124 Å². The highest BCUT2D eigenvalue weighted by Gasteiger charge is 2.19. The van der Waals surface area contributed by atoms with Crippen LogP contribution in [0.5, 0.6) is 0 Å². The summed E-state index contributed by atoms with van der Waals surface area (Å²) in [5.41, 5.74) is 4.57. The molecule has 3 nitrogen and oxygen atoms in total. The Morgan fingerprint density at radius 3 is 2.60 bits per heavy atom. The summed E-state index contributed by atoms with van der Waals surface area (Å²) in [4.78, 5) is 9.53. The van der Waals surface area contributed by atoms with Gasteiger partial charge >= 0.3 is 0 Å². The van der Waals surface area contributed by atoms with Gasteiger partial charge in [-0.3, -0.25) is 0 Å². The van der Waals surface area contributed by atoms with Gasteiger partial charge in [-0.2, -0.15) is 0 Å². The molecule has 0 radical (unpaired) electrons. The number of fused-ring (bicyclic) bond motifs is 1. The first-order chi connectivity index (χ1) is 9.65. The molecule has 0 amide bonds. The smallest absolute Gasteiger partial charge is 0.131 e. The normalized spacial score (nSPS) is 14.4. The molecule has 0 unspecified atom stereocenters. The highest BCUT2D eigenvalue weighted by atomic mass is 35.5. The fraction of sp³-hybridized carbons (Fsp3) is 0.375. The van der Waals surface area contributed by atoms with Gasteiger partial charge in [0.15, 0.2) is 0 Å². The van der Waals surface area contributed by atoms with Crippen molar-refractivity contribution in [3.63, 3.8) is 0 Å². The molecule has 2 aromatic rings. The second kappa shape index (κ2) is 5.51. The molecule has 1 aromatic heterocycles. The fourth-order valence-electron chi connectivity index (χ4n) is 2.47. The maximum absolute atomic E-state index is 5.98. The zero-order valence-electron chi connectivity index (χ0n) is 11.8. The first-order valence-electron chi connectivity index (χ1n) is 7.01. The second-order valence-electron chi connectivity index (χ2n) is 5.44. The lowest BCUT2D eigenvalue weighted by Crippen LogP contribution is -2.26. The van der Waals surface area contributed by atoms with Gasteiger partial charge in [0.1, 0.15) is 5.82 Å². The molecule has 3 rings (SSSR count). The zero-order chi connectivity index (χ0) is 14.1. The zero-order valence-corrected chi connectivity index (χ0v) is 12.5. The Hall–Kier alpha value is -1.45. The van der Waals surface area contributed by atoms with Crippen molar-refractivity contribution in [2.45, 2.75) is 32.7 Å². The predicted octanol–water partition coefficient (Wildman–Crippen LogP) is 3.57. The van der Waals surface area contributed by atoms with Gasteiger partial charge in [-0.15, -0.1) is 0 Å². The van der Waals surface area contributed by atoms with E-state index >= 15 is 0 Å². The molecule has 1 N–H and O–H groups in total. The summed E-state index contributed by atoms with van der Waals surface area (Å²) >= 11 is 5.98. The van der Waals surface area contributed by atoms with Crippen LogP contribution >= 0.6 is 11.6 Å². The molecule has 4 heteroatoms. The summed E-state index contributed by atoms with van der Waals surface area (Å²) in [6, 6.07) is 7.89. The van der Waals surface area contributed by atoms with E-state index in [0.29, 0.717) is 5.92 Å². The maximum atomic E-state index is 5.98. The molecule has 0 saturated carbocycles. The van der Waals surface area contributed by atoms with Crippen LogP contribution in [0.1, 0.15) is 36.8 Å². The summed E-state index contributed by atoms with van der Waals surface area (Å²) in [5, 5.41) is 4.15. The minimum atomic E-state index is 0.334. The van der Waals surface area contributed by atoms with Crippen molar-refractivity contribution in [3.05, 3.63) is 46.4 Å². The molecular weight excluding hydrogens is 270 g/mol. The third-order valence-electron chi connectivity index (χ3n) is 3.58. The molecule has 0 atom stereocenters. The second-order valence-corrected chi connectivity index (χ2v) is 5.88. The maximum Gasteiger partial charge on any atom is 0.131 e. The molecule has 0 saturated heterocycles. The summed E-state index contributed by atoms with van der Waals surface area (Å²) in [6.45, 7) is 6.09. The van der Waals surface area contributed by atoms with Crippen LogP contribution in [0.3, 0.4) is 0 Å². The largest absolute Gasteiger partial charge is 0.312 e. The van der Waals surface area contributed by atoms with E-state index in [0.717, 1.165) is 41.6 Å². The van der Waals surface area contributed by atoms with Crippen molar-refractivity contribution < 1.29 is 0 Å². The van der Waals surface area contributed by atoms with E-state index in [1.165, 1.54) is 11.3 Å². The summed E-state index contributed by atoms with van der Waals surface area (Å²) in [6.07, 6.45) is 0.970. The Bertz CT molecular complexity index is 620. The van der Waals surface area contributed by atoms with Crippen LogP contribution in [-0.4, -0.2) is 16.5 Å². The van der Waals surface area contributed by atoms with Gasteiger partial charge in [0.05, 0.1) is 11.4 Å². The van der Waals surface area contributed by atoms with Gasteiger partial charge in [0, 0.05) is 41.6 Å². The molecule has 20 heavy (non-hydrogen) atoms. The fourth-order valence-corrected chi connectivity index (χ4v) is 2.59. The lowest BCUT2D eigenvalue weighted by atomic mass is 9.99. The Morgan fingerprint density at radius 1 is 1.15 bits per heavy atom. The van der Waals surface area contributed by atoms with E-state index in [1.54, 1.807) is 0 Å². The highest BCUT2D eigenvalue weighted by molar-refractivity contribution is 6.30. The molecule has 1 aromatic carbocycles. The van der Waals surface area contributed by atoms with E-state index in [2.05, 4.69) is 19.2 Å². The summed E-state index contributed by atoms with van der Waals surface area (Å²) in [5.74, 6) is 1.26. The van der Waals surface area contributed by atoms with Crippen LogP contribution in [0, 0.1) is 0 Å². The number of hydrogen-bond donors (Lipinski definition) is 1. The molecule has 1 aliphatic heterocycles. The van der Waals surface area contributed by atoms with E-state index in [-0.39, 0.29) is 0 Å². The lowest BCUT2D eigenvalue weighted by Gasteiger charge is -2.21. The van der Waals surface area contributed by atoms with Gasteiger partial charge < -0.3 is 5.32 Å². The van der Waals surface area contributed by atoms with Gasteiger partial charge in [-0.05, 0) is 12.1 Å². The standard InChI is InChI=1S/C16H18ClN3/c1-10(2)16-19-14-7-8-18-9-13(14)15(20-16)11-3-5-12(17)6-4-11/h3-6,10,18H,7-9H2,1-2H3. The van der Waals surface area contributed by atoms with Gasteiger partial charge in [0.25, 0.3) is 0 Å². The van der Waals surface area contributed by atoms with Crippen molar-refractivity contribution in [3.8, 4) is 11.3 Å². The Kier molecular flexibility index (Phi) is 3.72. The molecular formula is C16H18ClN3. The van der Waals surface area contributed by atoms with Crippen molar-refractivity contribution in [1.29, 1.82) is 0 Å². The first-order valence-corrected chi connectivity index (χ1v) is 7.39. The predicted molar refractivity (Wildman–Crippen MR) is 82.0 cm³/mol. The topological polar surface area (TPSA) is 37.8 Å². The van der Waals surface area contributed by atoms with Crippen molar-refractivity contribution in [2.24, 2.45) is 0 Å². The molecule has 104 valence electrons. The minimum Gasteiger partial charge on any atom is -0.312 e. The van der Waals surface area contributed by atoms with Crippen LogP contribution < -0.4 is 5.32 Å². The Balaban J connectivity index is 2.17. The van der Waals surface area contributed by atoms with E-state index in [1.807, 2.05) is 24.3 Å². The van der Waals surface area contributed by atoms with Gasteiger partial charge in [-0.25, -0.2) is 9.97 Å². The minimum absolute atomic E-state index is 0.334. The number of aromatic nitrogens is 2. The van der Waals surface area contributed by atoms with Crippen LogP contribution in [-0.2, 0) is 13.0 Å². The third kappa shape index (κ3) is 2.56. The molecule has 1 aliphatic rings. The van der Waals surface area contributed by atoms with Gasteiger partial charge in [0.2, 0.25) is 0 Å². The van der Waals surface area contributed by atoms with Crippen molar-refractivity contribution in [2.75, 3.05) is 6.54 Å². The SMILES string of the molecule is CC(C)c1nc2c(c(-c3ccc(Cl)cc3)n1)CNCC2. The van der Waals surface area contributed by atoms with Crippen LogP contribution in [0.25, 0.3) is 11.3 Å². The van der Waals surface area contributed by atoms with E-state index < -0.39 is 0 Å². The molecule has 0 spiro atoms. The quantitative estimate of drug-likeness (QED) is 0.918. The average molecular weight is 288 g/mol. The van der Waals surface area contributed by atoms with Crippen molar-refractivity contribution in [1.82, 2.24) is 15.3 Å². The number of rotatable bonds is 2. The lowest BCUT2D eigenvalue weighted by molar-refractivity contribution is 0.616. The Morgan fingerprint density at radius 2 is 1.90 bits per heavy atom. The first kappa shape index (κ1) is 13.5. The summed E-state index contributed by atoms with van der Waals surface area (Å²) in [7, 11) is 0. The molecule has 0 aliphatic carbocycles. The molecule has 0 bridgehead atoms. The number of nitrogens with one attached hydrogen (secondary N) is 1.